The fourth-order valence-electron chi connectivity index (χ4n) is 3.44. The van der Waals surface area contributed by atoms with Gasteiger partial charge < -0.3 is 10.6 Å². The van der Waals surface area contributed by atoms with Crippen molar-refractivity contribution in [2.24, 2.45) is 11.7 Å². The molecule has 2 aliphatic rings. The van der Waals surface area contributed by atoms with Gasteiger partial charge in [0.25, 0.3) is 0 Å². The number of fused-ring (bicyclic) bond motifs is 1. The Balaban J connectivity index is 1.93. The molecule has 0 radical (unpaired) electrons. The van der Waals surface area contributed by atoms with Gasteiger partial charge in [-0.25, -0.2) is 0 Å². The number of rotatable bonds is 2. The third-order valence-corrected chi connectivity index (χ3v) is 4.36. The fourth-order valence-corrected chi connectivity index (χ4v) is 3.44. The first kappa shape index (κ1) is 11.7. The van der Waals surface area contributed by atoms with E-state index >= 15 is 0 Å². The number of hydrogen-bond donors (Lipinski definition) is 1. The SMILES string of the molecule is NCC1CCCCC1N1C(=O)Cc2ccccc21. The molecule has 1 heterocycles. The highest BCUT2D eigenvalue weighted by Gasteiger charge is 2.37. The maximum atomic E-state index is 12.3. The number of carbonyl (C=O) groups excluding carboxylic acids is 1. The standard InChI is InChI=1S/C15H20N2O/c16-10-12-6-2-4-8-14(12)17-13-7-3-1-5-11(13)9-15(17)18/h1,3,5,7,12,14H,2,4,6,8-10,16H2. The molecule has 2 atom stereocenters. The van der Waals surface area contributed by atoms with E-state index in [1.165, 1.54) is 18.4 Å². The van der Waals surface area contributed by atoms with E-state index in [0.29, 0.717) is 24.9 Å². The highest BCUT2D eigenvalue weighted by Crippen LogP contribution is 2.36. The topological polar surface area (TPSA) is 46.3 Å². The van der Waals surface area contributed by atoms with Crippen LogP contribution in [0.4, 0.5) is 5.69 Å². The average molecular weight is 244 g/mol. The average Bonchev–Trinajstić information content (AvgIpc) is 2.74. The number of amides is 1. The van der Waals surface area contributed by atoms with Gasteiger partial charge in [-0.1, -0.05) is 31.0 Å². The molecule has 3 nitrogen and oxygen atoms in total. The van der Waals surface area contributed by atoms with Crippen molar-refractivity contribution < 1.29 is 4.79 Å². The second kappa shape index (κ2) is 4.73. The zero-order valence-corrected chi connectivity index (χ0v) is 10.6. The summed E-state index contributed by atoms with van der Waals surface area (Å²) in [4.78, 5) is 14.3. The van der Waals surface area contributed by atoms with Gasteiger partial charge in [0.1, 0.15) is 0 Å². The highest BCUT2D eigenvalue weighted by molar-refractivity contribution is 6.01. The molecule has 2 unspecified atom stereocenters. The van der Waals surface area contributed by atoms with Crippen LogP contribution >= 0.6 is 0 Å². The zero-order chi connectivity index (χ0) is 12.5. The first-order chi connectivity index (χ1) is 8.81. The van der Waals surface area contributed by atoms with Crippen LogP contribution in [0, 0.1) is 5.92 Å². The number of nitrogens with zero attached hydrogens (tertiary/aromatic N) is 1. The van der Waals surface area contributed by atoms with Crippen molar-refractivity contribution in [3.05, 3.63) is 29.8 Å². The molecular formula is C15H20N2O. The summed E-state index contributed by atoms with van der Waals surface area (Å²) in [6, 6.07) is 8.48. The van der Waals surface area contributed by atoms with Gasteiger partial charge in [0, 0.05) is 11.7 Å². The summed E-state index contributed by atoms with van der Waals surface area (Å²) in [7, 11) is 0. The third-order valence-electron chi connectivity index (χ3n) is 4.36. The van der Waals surface area contributed by atoms with Crippen molar-refractivity contribution >= 4 is 11.6 Å². The van der Waals surface area contributed by atoms with Crippen LogP contribution in [-0.4, -0.2) is 18.5 Å². The second-order valence-electron chi connectivity index (χ2n) is 5.42. The van der Waals surface area contributed by atoms with E-state index in [9.17, 15) is 4.79 Å². The number of hydrogen-bond acceptors (Lipinski definition) is 2. The van der Waals surface area contributed by atoms with Gasteiger partial charge in [-0.15, -0.1) is 0 Å². The van der Waals surface area contributed by atoms with Crippen molar-refractivity contribution in [1.82, 2.24) is 0 Å². The molecule has 1 aliphatic heterocycles. The summed E-state index contributed by atoms with van der Waals surface area (Å²) in [5, 5.41) is 0. The van der Waals surface area contributed by atoms with Gasteiger partial charge in [-0.2, -0.15) is 0 Å². The van der Waals surface area contributed by atoms with E-state index in [0.717, 1.165) is 18.5 Å². The van der Waals surface area contributed by atoms with E-state index in [1.54, 1.807) is 0 Å². The van der Waals surface area contributed by atoms with Crippen LogP contribution in [0.1, 0.15) is 31.2 Å². The lowest BCUT2D eigenvalue weighted by Gasteiger charge is -2.37. The third kappa shape index (κ3) is 1.83. The first-order valence-electron chi connectivity index (χ1n) is 6.91. The summed E-state index contributed by atoms with van der Waals surface area (Å²) in [6.07, 6.45) is 5.29. The van der Waals surface area contributed by atoms with Gasteiger partial charge in [0.15, 0.2) is 0 Å². The summed E-state index contributed by atoms with van der Waals surface area (Å²) in [5.74, 6) is 0.718. The van der Waals surface area contributed by atoms with Crippen LogP contribution < -0.4 is 10.6 Å². The molecule has 0 saturated heterocycles. The Morgan fingerprint density at radius 2 is 2.00 bits per heavy atom. The number of benzene rings is 1. The predicted octanol–water partition coefficient (Wildman–Crippen LogP) is 2.09. The van der Waals surface area contributed by atoms with Crippen molar-refractivity contribution in [2.45, 2.75) is 38.1 Å². The van der Waals surface area contributed by atoms with Crippen LogP contribution in [0.5, 0.6) is 0 Å². The van der Waals surface area contributed by atoms with Crippen LogP contribution in [0.15, 0.2) is 24.3 Å². The molecule has 1 aromatic rings. The molecule has 0 aromatic heterocycles. The Bertz CT molecular complexity index is 458. The Morgan fingerprint density at radius 1 is 1.22 bits per heavy atom. The zero-order valence-electron chi connectivity index (χ0n) is 10.6. The maximum absolute atomic E-state index is 12.3. The molecular weight excluding hydrogens is 224 g/mol. The minimum absolute atomic E-state index is 0.251. The van der Waals surface area contributed by atoms with Crippen LogP contribution in [-0.2, 0) is 11.2 Å². The van der Waals surface area contributed by atoms with E-state index in [2.05, 4.69) is 12.1 Å². The Kier molecular flexibility index (Phi) is 3.08. The van der Waals surface area contributed by atoms with Crippen LogP contribution in [0.25, 0.3) is 0 Å². The van der Waals surface area contributed by atoms with Crippen molar-refractivity contribution in [2.75, 3.05) is 11.4 Å². The molecule has 1 aromatic carbocycles. The molecule has 1 saturated carbocycles. The van der Waals surface area contributed by atoms with Crippen LogP contribution in [0.2, 0.25) is 0 Å². The molecule has 1 aliphatic carbocycles. The molecule has 18 heavy (non-hydrogen) atoms. The Labute approximate surface area is 108 Å². The smallest absolute Gasteiger partial charge is 0.231 e. The highest BCUT2D eigenvalue weighted by atomic mass is 16.2. The Hall–Kier alpha value is -1.35. The molecule has 0 bridgehead atoms. The van der Waals surface area contributed by atoms with Crippen molar-refractivity contribution in [3.8, 4) is 0 Å². The van der Waals surface area contributed by atoms with Crippen molar-refractivity contribution in [1.29, 1.82) is 0 Å². The lowest BCUT2D eigenvalue weighted by Crippen LogP contribution is -2.46. The predicted molar refractivity (Wildman–Crippen MR) is 72.4 cm³/mol. The molecule has 3 heteroatoms. The molecule has 2 N–H and O–H groups in total. The van der Waals surface area contributed by atoms with E-state index in [4.69, 9.17) is 5.73 Å². The number of nitrogens with two attached hydrogens (primary N) is 1. The fraction of sp³-hybridized carbons (Fsp3) is 0.533. The molecule has 1 fully saturated rings. The quantitative estimate of drug-likeness (QED) is 0.866. The van der Waals surface area contributed by atoms with Crippen LogP contribution in [0.3, 0.4) is 0 Å². The lowest BCUT2D eigenvalue weighted by atomic mass is 9.83. The number of carbonyl (C=O) groups is 1. The summed E-state index contributed by atoms with van der Waals surface area (Å²) in [5.41, 5.74) is 8.18. The van der Waals surface area contributed by atoms with Gasteiger partial charge in [-0.3, -0.25) is 4.79 Å². The molecule has 1 amide bonds. The summed E-state index contributed by atoms with van der Waals surface area (Å²) < 4.78 is 0. The summed E-state index contributed by atoms with van der Waals surface area (Å²) >= 11 is 0. The monoisotopic (exact) mass is 244 g/mol. The van der Waals surface area contributed by atoms with E-state index in [1.807, 2.05) is 17.0 Å². The largest absolute Gasteiger partial charge is 0.330 e. The lowest BCUT2D eigenvalue weighted by molar-refractivity contribution is -0.118. The second-order valence-corrected chi connectivity index (χ2v) is 5.42. The van der Waals surface area contributed by atoms with E-state index < -0.39 is 0 Å². The van der Waals surface area contributed by atoms with E-state index in [-0.39, 0.29) is 5.91 Å². The number of anilines is 1. The molecule has 96 valence electrons. The minimum Gasteiger partial charge on any atom is -0.330 e. The molecule has 3 rings (SSSR count). The molecule has 0 spiro atoms. The normalized spacial score (nSPS) is 27.4. The maximum Gasteiger partial charge on any atom is 0.231 e. The van der Waals surface area contributed by atoms with Crippen molar-refractivity contribution in [3.63, 3.8) is 0 Å². The Morgan fingerprint density at radius 3 is 2.83 bits per heavy atom. The van der Waals surface area contributed by atoms with Gasteiger partial charge in [0.05, 0.1) is 6.42 Å². The first-order valence-corrected chi connectivity index (χ1v) is 6.91. The van der Waals surface area contributed by atoms with Gasteiger partial charge >= 0.3 is 0 Å². The van der Waals surface area contributed by atoms with Gasteiger partial charge in [0.2, 0.25) is 5.91 Å². The minimum atomic E-state index is 0.251. The van der Waals surface area contributed by atoms with Gasteiger partial charge in [-0.05, 0) is 36.9 Å². The number of para-hydroxylation sites is 1. The summed E-state index contributed by atoms with van der Waals surface area (Å²) in [6.45, 7) is 0.691.